The second kappa shape index (κ2) is 4.88. The summed E-state index contributed by atoms with van der Waals surface area (Å²) in [6, 6.07) is 10.6. The normalized spacial score (nSPS) is 16.8. The Morgan fingerprint density at radius 3 is 2.39 bits per heavy atom. The Bertz CT molecular complexity index is 527. The summed E-state index contributed by atoms with van der Waals surface area (Å²) in [4.78, 5) is 2.36. The number of benzene rings is 1. The molecule has 0 aliphatic carbocycles. The van der Waals surface area contributed by atoms with Crippen LogP contribution in [0.4, 0.5) is 0 Å². The predicted octanol–water partition coefficient (Wildman–Crippen LogP) is 3.06. The molecule has 0 saturated carbocycles. The van der Waals surface area contributed by atoms with E-state index in [1.54, 1.807) is 6.26 Å². The van der Waals surface area contributed by atoms with Crippen LogP contribution in [-0.4, -0.2) is 11.4 Å². The molecule has 2 aromatic rings. The molecule has 94 valence electrons. The second-order valence-electron chi connectivity index (χ2n) is 4.56. The molecular formula is C14H15BrN2O. The predicted molar refractivity (Wildman–Crippen MR) is 73.9 cm³/mol. The lowest BCUT2D eigenvalue weighted by molar-refractivity contribution is 0.180. The Hall–Kier alpha value is -1.10. The van der Waals surface area contributed by atoms with Crippen LogP contribution in [0.2, 0.25) is 0 Å². The molecule has 1 atom stereocenters. The molecule has 0 fully saturated rings. The molecule has 4 heteroatoms. The fraction of sp³-hybridized carbons (Fsp3) is 0.286. The fourth-order valence-corrected chi connectivity index (χ4v) is 3.01. The van der Waals surface area contributed by atoms with E-state index in [0.717, 1.165) is 23.3 Å². The van der Waals surface area contributed by atoms with Gasteiger partial charge in [-0.3, -0.25) is 4.90 Å². The fourth-order valence-electron chi connectivity index (χ4n) is 2.55. The molecule has 3 nitrogen and oxygen atoms in total. The van der Waals surface area contributed by atoms with E-state index < -0.39 is 0 Å². The Labute approximate surface area is 115 Å². The Morgan fingerprint density at radius 1 is 1.22 bits per heavy atom. The lowest BCUT2D eigenvalue weighted by Crippen LogP contribution is -2.29. The lowest BCUT2D eigenvalue weighted by atomic mass is 10.1. The van der Waals surface area contributed by atoms with E-state index >= 15 is 0 Å². The first kappa shape index (κ1) is 12.0. The van der Waals surface area contributed by atoms with Crippen molar-refractivity contribution in [3.63, 3.8) is 0 Å². The number of nitrogens with two attached hydrogens (primary N) is 1. The lowest BCUT2D eigenvalue weighted by Gasteiger charge is -2.24. The Balaban J connectivity index is 1.86. The van der Waals surface area contributed by atoms with Crippen LogP contribution in [-0.2, 0) is 13.1 Å². The summed E-state index contributed by atoms with van der Waals surface area (Å²) in [6.07, 6.45) is 1.70. The highest BCUT2D eigenvalue weighted by Gasteiger charge is 2.28. The molecule has 18 heavy (non-hydrogen) atoms. The van der Waals surface area contributed by atoms with Crippen molar-refractivity contribution in [3.8, 4) is 0 Å². The average molecular weight is 307 g/mol. The largest absolute Gasteiger partial charge is 0.466 e. The zero-order valence-corrected chi connectivity index (χ0v) is 11.6. The number of rotatable bonds is 3. The van der Waals surface area contributed by atoms with Crippen molar-refractivity contribution >= 4 is 15.9 Å². The maximum absolute atomic E-state index is 5.93. The highest BCUT2D eigenvalue weighted by atomic mass is 79.9. The summed E-state index contributed by atoms with van der Waals surface area (Å²) in [7, 11) is 0. The van der Waals surface area contributed by atoms with Crippen molar-refractivity contribution in [1.29, 1.82) is 0 Å². The molecule has 1 aromatic heterocycles. The van der Waals surface area contributed by atoms with Gasteiger partial charge in [0.1, 0.15) is 5.76 Å². The minimum Gasteiger partial charge on any atom is -0.466 e. The van der Waals surface area contributed by atoms with Crippen LogP contribution < -0.4 is 5.73 Å². The number of hydrogen-bond donors (Lipinski definition) is 1. The molecule has 2 N–H and O–H groups in total. The van der Waals surface area contributed by atoms with Crippen LogP contribution in [0.1, 0.15) is 22.9 Å². The van der Waals surface area contributed by atoms with Crippen molar-refractivity contribution in [2.75, 3.05) is 6.54 Å². The molecule has 1 unspecified atom stereocenters. The summed E-state index contributed by atoms with van der Waals surface area (Å²) in [6.45, 7) is 2.43. The van der Waals surface area contributed by atoms with E-state index in [4.69, 9.17) is 10.2 Å². The van der Waals surface area contributed by atoms with Crippen molar-refractivity contribution in [3.05, 3.63) is 58.0 Å². The van der Waals surface area contributed by atoms with Crippen molar-refractivity contribution in [2.24, 2.45) is 5.73 Å². The summed E-state index contributed by atoms with van der Waals surface area (Å²) in [5.41, 5.74) is 8.70. The minimum atomic E-state index is 0.127. The third-order valence-electron chi connectivity index (χ3n) is 3.48. The molecule has 1 aliphatic rings. The number of nitrogens with zero attached hydrogens (tertiary/aromatic N) is 1. The van der Waals surface area contributed by atoms with Gasteiger partial charge in [0, 0.05) is 19.6 Å². The Morgan fingerprint density at radius 2 is 1.89 bits per heavy atom. The van der Waals surface area contributed by atoms with Gasteiger partial charge in [-0.25, -0.2) is 0 Å². The molecule has 1 aliphatic heterocycles. The van der Waals surface area contributed by atoms with Crippen molar-refractivity contribution < 1.29 is 4.42 Å². The van der Waals surface area contributed by atoms with E-state index in [2.05, 4.69) is 45.1 Å². The van der Waals surface area contributed by atoms with Gasteiger partial charge in [-0.05, 0) is 33.1 Å². The van der Waals surface area contributed by atoms with Gasteiger partial charge >= 0.3 is 0 Å². The SMILES string of the molecule is NCC(c1occc1Br)N1Cc2ccccc2C1. The first-order chi connectivity index (χ1) is 8.79. The van der Waals surface area contributed by atoms with Crippen LogP contribution in [0.3, 0.4) is 0 Å². The molecular weight excluding hydrogens is 292 g/mol. The molecule has 1 aromatic carbocycles. The molecule has 3 rings (SSSR count). The topological polar surface area (TPSA) is 42.4 Å². The van der Waals surface area contributed by atoms with Crippen LogP contribution in [0.15, 0.2) is 45.5 Å². The van der Waals surface area contributed by atoms with Gasteiger partial charge in [0.05, 0.1) is 16.8 Å². The first-order valence-electron chi connectivity index (χ1n) is 6.03. The average Bonchev–Trinajstić information content (AvgIpc) is 2.97. The van der Waals surface area contributed by atoms with E-state index in [1.807, 2.05) is 6.07 Å². The van der Waals surface area contributed by atoms with Crippen LogP contribution in [0.25, 0.3) is 0 Å². The standard InChI is InChI=1S/C14H15BrN2O/c15-12-5-6-18-14(12)13(7-16)17-8-10-3-1-2-4-11(10)9-17/h1-6,13H,7-9,16H2. The third kappa shape index (κ3) is 2.00. The van der Waals surface area contributed by atoms with E-state index in [-0.39, 0.29) is 6.04 Å². The summed E-state index contributed by atoms with van der Waals surface area (Å²) >= 11 is 3.51. The monoisotopic (exact) mass is 306 g/mol. The zero-order valence-electron chi connectivity index (χ0n) is 9.97. The maximum atomic E-state index is 5.93. The van der Waals surface area contributed by atoms with Crippen molar-refractivity contribution in [1.82, 2.24) is 4.90 Å². The van der Waals surface area contributed by atoms with Crippen molar-refractivity contribution in [2.45, 2.75) is 19.1 Å². The molecule has 0 bridgehead atoms. The smallest absolute Gasteiger partial charge is 0.136 e. The van der Waals surface area contributed by atoms with Crippen LogP contribution >= 0.6 is 15.9 Å². The van der Waals surface area contributed by atoms with E-state index in [1.165, 1.54) is 11.1 Å². The van der Waals surface area contributed by atoms with Gasteiger partial charge in [0.25, 0.3) is 0 Å². The highest BCUT2D eigenvalue weighted by molar-refractivity contribution is 9.10. The number of furan rings is 1. The van der Waals surface area contributed by atoms with Gasteiger partial charge in [-0.2, -0.15) is 0 Å². The van der Waals surface area contributed by atoms with Crippen LogP contribution in [0, 0.1) is 0 Å². The molecule has 0 radical (unpaired) electrons. The van der Waals surface area contributed by atoms with Gasteiger partial charge < -0.3 is 10.2 Å². The number of halogens is 1. The van der Waals surface area contributed by atoms with Crippen LogP contribution in [0.5, 0.6) is 0 Å². The highest BCUT2D eigenvalue weighted by Crippen LogP contribution is 2.34. The van der Waals surface area contributed by atoms with E-state index in [9.17, 15) is 0 Å². The third-order valence-corrected chi connectivity index (χ3v) is 4.13. The molecule has 2 heterocycles. The van der Waals surface area contributed by atoms with Gasteiger partial charge in [-0.1, -0.05) is 24.3 Å². The Kier molecular flexibility index (Phi) is 3.24. The summed E-state index contributed by atoms with van der Waals surface area (Å²) < 4.78 is 6.55. The quantitative estimate of drug-likeness (QED) is 0.947. The molecule has 0 saturated heterocycles. The second-order valence-corrected chi connectivity index (χ2v) is 5.41. The summed E-state index contributed by atoms with van der Waals surface area (Å²) in [5, 5.41) is 0. The number of fused-ring (bicyclic) bond motifs is 1. The zero-order chi connectivity index (χ0) is 12.5. The number of hydrogen-bond acceptors (Lipinski definition) is 3. The molecule has 0 amide bonds. The van der Waals surface area contributed by atoms with Gasteiger partial charge in [-0.15, -0.1) is 0 Å². The molecule has 0 spiro atoms. The first-order valence-corrected chi connectivity index (χ1v) is 6.82. The van der Waals surface area contributed by atoms with E-state index in [0.29, 0.717) is 6.54 Å². The van der Waals surface area contributed by atoms with Gasteiger partial charge in [0.2, 0.25) is 0 Å². The maximum Gasteiger partial charge on any atom is 0.136 e. The van der Waals surface area contributed by atoms with Gasteiger partial charge in [0.15, 0.2) is 0 Å². The minimum absolute atomic E-state index is 0.127. The summed E-state index contributed by atoms with van der Waals surface area (Å²) in [5.74, 6) is 0.922.